The van der Waals surface area contributed by atoms with E-state index in [0.717, 1.165) is 31.2 Å². The summed E-state index contributed by atoms with van der Waals surface area (Å²) < 4.78 is 6.66. The lowest BCUT2D eigenvalue weighted by atomic mass is 10.2. The number of pyridine rings is 1. The molecule has 3 heterocycles. The Labute approximate surface area is 113 Å². The smallest absolute Gasteiger partial charge is 0.140 e. The fraction of sp³-hybridized carbons (Fsp3) is 0.417. The lowest BCUT2D eigenvalue weighted by Gasteiger charge is -2.34. The zero-order valence-electron chi connectivity index (χ0n) is 9.61. The van der Waals surface area contributed by atoms with Crippen molar-refractivity contribution in [2.24, 2.45) is 0 Å². The van der Waals surface area contributed by atoms with Crippen molar-refractivity contribution in [1.82, 2.24) is 9.97 Å². The fourth-order valence-electron chi connectivity index (χ4n) is 2.19. The van der Waals surface area contributed by atoms with Gasteiger partial charge in [-0.25, -0.2) is 4.98 Å². The minimum Gasteiger partial charge on any atom is -0.377 e. The zero-order chi connectivity index (χ0) is 11.8. The van der Waals surface area contributed by atoms with E-state index in [-0.39, 0.29) is 0 Å². The first-order valence-corrected chi connectivity index (χ1v) is 6.81. The van der Waals surface area contributed by atoms with Crippen molar-refractivity contribution in [1.29, 1.82) is 0 Å². The molecule has 0 spiro atoms. The summed E-state index contributed by atoms with van der Waals surface area (Å²) in [4.78, 5) is 10.2. The number of nitrogens with zero attached hydrogens (tertiary/aromatic N) is 2. The van der Waals surface area contributed by atoms with Crippen LogP contribution in [0.2, 0.25) is 0 Å². The first kappa shape index (κ1) is 11.3. The molecule has 2 aromatic rings. The molecule has 0 radical (unpaired) electrons. The number of H-pyrrole nitrogens is 1. The third-order valence-electron chi connectivity index (χ3n) is 3.14. The van der Waals surface area contributed by atoms with E-state index in [4.69, 9.17) is 4.74 Å². The molecule has 0 bridgehead atoms. The van der Waals surface area contributed by atoms with Gasteiger partial charge >= 0.3 is 0 Å². The molecular formula is C12H14IN3O. The minimum atomic E-state index is 0.391. The van der Waals surface area contributed by atoms with Crippen molar-refractivity contribution >= 4 is 39.4 Å². The minimum absolute atomic E-state index is 0.391. The summed E-state index contributed by atoms with van der Waals surface area (Å²) in [5.41, 5.74) is 0.964. The highest BCUT2D eigenvalue weighted by Gasteiger charge is 2.20. The summed E-state index contributed by atoms with van der Waals surface area (Å²) in [5.74, 6) is 1.03. The lowest BCUT2D eigenvalue weighted by Crippen LogP contribution is -2.44. The molecule has 0 aliphatic carbocycles. The summed E-state index contributed by atoms with van der Waals surface area (Å²) in [5, 5.41) is 1.19. The van der Waals surface area contributed by atoms with Gasteiger partial charge in [-0.2, -0.15) is 0 Å². The predicted molar refractivity (Wildman–Crippen MR) is 76.4 cm³/mol. The molecule has 1 aliphatic heterocycles. The highest BCUT2D eigenvalue weighted by molar-refractivity contribution is 14.1. The number of hydrogen-bond acceptors (Lipinski definition) is 3. The molecule has 2 aromatic heterocycles. The summed E-state index contributed by atoms with van der Waals surface area (Å²) in [7, 11) is 0. The van der Waals surface area contributed by atoms with Gasteiger partial charge in [-0.1, -0.05) is 0 Å². The Balaban J connectivity index is 1.99. The highest BCUT2D eigenvalue weighted by Crippen LogP contribution is 2.23. The molecule has 1 aliphatic rings. The molecule has 0 amide bonds. The standard InChI is InChI=1S/C12H14IN3O/c1-8-7-17-5-4-16(8)11-3-2-9-10(13)6-14-12(9)15-11/h2-3,6,8H,4-5,7H2,1H3,(H,14,15). The van der Waals surface area contributed by atoms with Gasteiger partial charge in [0.25, 0.3) is 0 Å². The second kappa shape index (κ2) is 4.45. The van der Waals surface area contributed by atoms with Crippen LogP contribution in [0.15, 0.2) is 18.3 Å². The molecule has 5 heteroatoms. The van der Waals surface area contributed by atoms with Gasteiger partial charge in [0.1, 0.15) is 11.5 Å². The summed E-state index contributed by atoms with van der Waals surface area (Å²) in [6.07, 6.45) is 1.99. The third kappa shape index (κ3) is 2.01. The number of hydrogen-bond donors (Lipinski definition) is 1. The number of aromatic nitrogens is 2. The van der Waals surface area contributed by atoms with Gasteiger partial charge < -0.3 is 14.6 Å². The highest BCUT2D eigenvalue weighted by atomic mass is 127. The van der Waals surface area contributed by atoms with Crippen LogP contribution in [-0.4, -0.2) is 35.8 Å². The predicted octanol–water partition coefficient (Wildman–Crippen LogP) is 2.39. The number of halogens is 1. The van der Waals surface area contributed by atoms with E-state index in [1.54, 1.807) is 0 Å². The second-order valence-electron chi connectivity index (χ2n) is 4.32. The van der Waals surface area contributed by atoms with Crippen LogP contribution < -0.4 is 4.90 Å². The number of nitrogens with one attached hydrogen (secondary N) is 1. The number of ether oxygens (including phenoxy) is 1. The second-order valence-corrected chi connectivity index (χ2v) is 5.48. The van der Waals surface area contributed by atoms with Crippen LogP contribution in [0.25, 0.3) is 11.0 Å². The van der Waals surface area contributed by atoms with Crippen LogP contribution in [-0.2, 0) is 4.74 Å². The van der Waals surface area contributed by atoms with Gasteiger partial charge in [0.15, 0.2) is 0 Å². The molecule has 1 atom stereocenters. The Morgan fingerprint density at radius 3 is 3.24 bits per heavy atom. The topological polar surface area (TPSA) is 41.1 Å². The SMILES string of the molecule is CC1COCCN1c1ccc2c(I)c[nH]c2n1. The van der Waals surface area contributed by atoms with Crippen molar-refractivity contribution < 1.29 is 4.74 Å². The Morgan fingerprint density at radius 2 is 2.41 bits per heavy atom. The van der Waals surface area contributed by atoms with Crippen LogP contribution in [0.5, 0.6) is 0 Å². The van der Waals surface area contributed by atoms with E-state index in [9.17, 15) is 0 Å². The molecule has 1 unspecified atom stereocenters. The van der Waals surface area contributed by atoms with Gasteiger partial charge in [0, 0.05) is 21.7 Å². The van der Waals surface area contributed by atoms with Crippen molar-refractivity contribution in [3.63, 3.8) is 0 Å². The van der Waals surface area contributed by atoms with Crippen molar-refractivity contribution in [2.45, 2.75) is 13.0 Å². The molecule has 0 saturated carbocycles. The van der Waals surface area contributed by atoms with Gasteiger partial charge in [-0.05, 0) is 41.6 Å². The van der Waals surface area contributed by atoms with E-state index in [2.05, 4.69) is 56.5 Å². The van der Waals surface area contributed by atoms with E-state index >= 15 is 0 Å². The summed E-state index contributed by atoms with van der Waals surface area (Å²) in [6.45, 7) is 4.65. The number of morpholine rings is 1. The summed E-state index contributed by atoms with van der Waals surface area (Å²) in [6, 6.07) is 4.63. The monoisotopic (exact) mass is 343 g/mol. The lowest BCUT2D eigenvalue weighted by molar-refractivity contribution is 0.0985. The largest absolute Gasteiger partial charge is 0.377 e. The van der Waals surface area contributed by atoms with Crippen molar-refractivity contribution in [2.75, 3.05) is 24.7 Å². The van der Waals surface area contributed by atoms with Crippen molar-refractivity contribution in [3.05, 3.63) is 21.9 Å². The molecule has 1 fully saturated rings. The quantitative estimate of drug-likeness (QED) is 0.809. The van der Waals surface area contributed by atoms with Gasteiger partial charge in [0.05, 0.1) is 19.3 Å². The van der Waals surface area contributed by atoms with Crippen LogP contribution in [0.1, 0.15) is 6.92 Å². The van der Waals surface area contributed by atoms with Crippen LogP contribution in [0.3, 0.4) is 0 Å². The van der Waals surface area contributed by atoms with E-state index in [1.165, 1.54) is 8.96 Å². The van der Waals surface area contributed by atoms with Crippen LogP contribution in [0.4, 0.5) is 5.82 Å². The molecule has 0 aromatic carbocycles. The molecule has 1 N–H and O–H groups in total. The molecule has 4 nitrogen and oxygen atoms in total. The molecular weight excluding hydrogens is 329 g/mol. The maximum atomic E-state index is 5.45. The Morgan fingerprint density at radius 1 is 1.53 bits per heavy atom. The average molecular weight is 343 g/mol. The Hall–Kier alpha value is -0.820. The fourth-order valence-corrected chi connectivity index (χ4v) is 2.78. The van der Waals surface area contributed by atoms with Gasteiger partial charge in [0.2, 0.25) is 0 Å². The molecule has 1 saturated heterocycles. The Bertz CT molecular complexity index is 540. The molecule has 90 valence electrons. The van der Waals surface area contributed by atoms with Gasteiger partial charge in [-0.15, -0.1) is 0 Å². The number of aromatic amines is 1. The molecule has 3 rings (SSSR count). The Kier molecular flexibility index (Phi) is 2.96. The average Bonchev–Trinajstić information content (AvgIpc) is 2.71. The summed E-state index contributed by atoms with van der Waals surface area (Å²) >= 11 is 2.32. The molecule has 17 heavy (non-hydrogen) atoms. The maximum absolute atomic E-state index is 5.45. The van der Waals surface area contributed by atoms with E-state index in [1.807, 2.05) is 6.20 Å². The van der Waals surface area contributed by atoms with E-state index < -0.39 is 0 Å². The van der Waals surface area contributed by atoms with Crippen molar-refractivity contribution in [3.8, 4) is 0 Å². The van der Waals surface area contributed by atoms with E-state index in [0.29, 0.717) is 6.04 Å². The maximum Gasteiger partial charge on any atom is 0.140 e. The zero-order valence-corrected chi connectivity index (χ0v) is 11.8. The first-order chi connectivity index (χ1) is 8.25. The first-order valence-electron chi connectivity index (χ1n) is 5.74. The normalized spacial score (nSPS) is 21.1. The number of anilines is 1. The number of rotatable bonds is 1. The van der Waals surface area contributed by atoms with Gasteiger partial charge in [-0.3, -0.25) is 0 Å². The van der Waals surface area contributed by atoms with Crippen LogP contribution >= 0.6 is 22.6 Å². The van der Waals surface area contributed by atoms with Crippen LogP contribution in [0, 0.1) is 3.57 Å². The number of fused-ring (bicyclic) bond motifs is 1. The third-order valence-corrected chi connectivity index (χ3v) is 4.03.